The van der Waals surface area contributed by atoms with Crippen LogP contribution in [-0.4, -0.2) is 39.5 Å². The van der Waals surface area contributed by atoms with Gasteiger partial charge in [-0.1, -0.05) is 11.4 Å². The van der Waals surface area contributed by atoms with Crippen molar-refractivity contribution in [3.05, 3.63) is 10.6 Å². The van der Waals surface area contributed by atoms with Crippen LogP contribution in [0.1, 0.15) is 35.1 Å². The van der Waals surface area contributed by atoms with Crippen molar-refractivity contribution >= 4 is 17.4 Å². The van der Waals surface area contributed by atoms with Crippen molar-refractivity contribution in [2.45, 2.75) is 32.2 Å². The molecule has 0 radical (unpaired) electrons. The number of amides is 1. The quantitative estimate of drug-likeness (QED) is 0.824. The van der Waals surface area contributed by atoms with E-state index in [1.165, 1.54) is 11.5 Å². The molecular formula is C10H16N4OS. The van der Waals surface area contributed by atoms with Gasteiger partial charge in [-0.15, -0.1) is 5.10 Å². The monoisotopic (exact) mass is 240 g/mol. The molecule has 2 heterocycles. The highest BCUT2D eigenvalue weighted by atomic mass is 32.1. The minimum atomic E-state index is 0.0683. The van der Waals surface area contributed by atoms with Crippen LogP contribution in [0.2, 0.25) is 0 Å². The molecule has 1 saturated heterocycles. The molecule has 0 spiro atoms. The zero-order chi connectivity index (χ0) is 11.5. The van der Waals surface area contributed by atoms with Gasteiger partial charge in [0.1, 0.15) is 4.88 Å². The summed E-state index contributed by atoms with van der Waals surface area (Å²) in [5.41, 5.74) is 6.62. The normalized spacial score (nSPS) is 17.8. The van der Waals surface area contributed by atoms with Gasteiger partial charge in [-0.05, 0) is 30.8 Å². The van der Waals surface area contributed by atoms with E-state index in [-0.39, 0.29) is 11.9 Å². The minimum Gasteiger partial charge on any atom is -0.338 e. The number of hydrogen-bond donors (Lipinski definition) is 1. The Hall–Kier alpha value is -1.01. The summed E-state index contributed by atoms with van der Waals surface area (Å²) in [5, 5.41) is 3.96. The molecule has 6 heteroatoms. The van der Waals surface area contributed by atoms with Crippen molar-refractivity contribution in [3.8, 4) is 0 Å². The zero-order valence-electron chi connectivity index (χ0n) is 9.35. The van der Waals surface area contributed by atoms with E-state index < -0.39 is 0 Å². The molecule has 16 heavy (non-hydrogen) atoms. The number of nitrogens with two attached hydrogens (primary N) is 1. The molecule has 5 nitrogen and oxygen atoms in total. The molecule has 2 N–H and O–H groups in total. The number of carbonyl (C=O) groups excluding carboxylic acids is 1. The largest absolute Gasteiger partial charge is 0.338 e. The first-order chi connectivity index (χ1) is 7.72. The first kappa shape index (κ1) is 11.5. The van der Waals surface area contributed by atoms with Crippen LogP contribution in [0.25, 0.3) is 0 Å². The summed E-state index contributed by atoms with van der Waals surface area (Å²) in [6, 6.07) is 0.245. The van der Waals surface area contributed by atoms with Gasteiger partial charge in [0.25, 0.3) is 5.91 Å². The number of carbonyl (C=O) groups is 1. The first-order valence-electron chi connectivity index (χ1n) is 5.58. The lowest BCUT2D eigenvalue weighted by atomic mass is 10.1. The Morgan fingerprint density at radius 1 is 1.56 bits per heavy atom. The van der Waals surface area contributed by atoms with Crippen molar-refractivity contribution < 1.29 is 4.79 Å². The number of rotatable bonds is 2. The van der Waals surface area contributed by atoms with E-state index in [2.05, 4.69) is 9.59 Å². The predicted molar refractivity (Wildman–Crippen MR) is 62.4 cm³/mol. The molecule has 1 aliphatic heterocycles. The highest BCUT2D eigenvalue weighted by Crippen LogP contribution is 2.17. The first-order valence-corrected chi connectivity index (χ1v) is 6.35. The van der Waals surface area contributed by atoms with E-state index in [4.69, 9.17) is 5.73 Å². The lowest BCUT2D eigenvalue weighted by molar-refractivity contribution is 0.0718. The smallest absolute Gasteiger partial charge is 0.267 e. The lowest BCUT2D eigenvalue weighted by Crippen LogP contribution is -2.42. The number of aryl methyl sites for hydroxylation is 1. The molecule has 88 valence electrons. The second kappa shape index (κ2) is 4.88. The van der Waals surface area contributed by atoms with E-state index in [0.717, 1.165) is 38.0 Å². The summed E-state index contributed by atoms with van der Waals surface area (Å²) in [6.07, 6.45) is 2.53. The average Bonchev–Trinajstić information content (AvgIpc) is 2.77. The Labute approximate surface area is 98.8 Å². The number of aromatic nitrogens is 2. The van der Waals surface area contributed by atoms with E-state index in [1.54, 1.807) is 0 Å². The van der Waals surface area contributed by atoms with Gasteiger partial charge in [-0.3, -0.25) is 4.79 Å². The molecule has 0 aliphatic carbocycles. The van der Waals surface area contributed by atoms with Crippen molar-refractivity contribution in [3.63, 3.8) is 0 Å². The molecule has 0 saturated carbocycles. The summed E-state index contributed by atoms with van der Waals surface area (Å²) in [5.74, 6) is 0.0683. The number of nitrogens with zero attached hydrogens (tertiary/aromatic N) is 3. The number of piperidine rings is 1. The van der Waals surface area contributed by atoms with Gasteiger partial charge >= 0.3 is 0 Å². The van der Waals surface area contributed by atoms with Crippen LogP contribution in [-0.2, 0) is 6.42 Å². The van der Waals surface area contributed by atoms with Crippen LogP contribution < -0.4 is 5.73 Å². The second-order valence-electron chi connectivity index (χ2n) is 4.03. The fourth-order valence-electron chi connectivity index (χ4n) is 1.85. The molecule has 0 aromatic carbocycles. The molecule has 2 rings (SSSR count). The fourth-order valence-corrected chi connectivity index (χ4v) is 2.57. The summed E-state index contributed by atoms with van der Waals surface area (Å²) in [4.78, 5) is 14.7. The molecule has 1 aromatic heterocycles. The SMILES string of the molecule is CCc1nnsc1C(=O)N1CCC(N)CC1. The third-order valence-electron chi connectivity index (χ3n) is 2.91. The Morgan fingerprint density at radius 3 is 2.88 bits per heavy atom. The number of likely N-dealkylation sites (tertiary alicyclic amines) is 1. The van der Waals surface area contributed by atoms with Gasteiger partial charge in [-0.25, -0.2) is 0 Å². The van der Waals surface area contributed by atoms with Crippen LogP contribution in [0.3, 0.4) is 0 Å². The molecule has 1 fully saturated rings. The van der Waals surface area contributed by atoms with Crippen molar-refractivity contribution in [1.82, 2.24) is 14.5 Å². The van der Waals surface area contributed by atoms with Gasteiger partial charge in [0.15, 0.2) is 0 Å². The van der Waals surface area contributed by atoms with E-state index in [0.29, 0.717) is 4.88 Å². The maximum Gasteiger partial charge on any atom is 0.267 e. The molecular weight excluding hydrogens is 224 g/mol. The Bertz CT molecular complexity index is 371. The third kappa shape index (κ3) is 2.22. The minimum absolute atomic E-state index is 0.0683. The highest BCUT2D eigenvalue weighted by Gasteiger charge is 2.25. The predicted octanol–water partition coefficient (Wildman–Crippen LogP) is 0.664. The second-order valence-corrected chi connectivity index (χ2v) is 4.79. The van der Waals surface area contributed by atoms with E-state index in [9.17, 15) is 4.79 Å². The zero-order valence-corrected chi connectivity index (χ0v) is 10.2. The van der Waals surface area contributed by atoms with Gasteiger partial charge < -0.3 is 10.6 Å². The number of hydrogen-bond acceptors (Lipinski definition) is 5. The summed E-state index contributed by atoms with van der Waals surface area (Å²) >= 11 is 1.19. The van der Waals surface area contributed by atoms with Crippen LogP contribution in [0.15, 0.2) is 0 Å². The highest BCUT2D eigenvalue weighted by molar-refractivity contribution is 7.07. The molecule has 1 aliphatic rings. The fraction of sp³-hybridized carbons (Fsp3) is 0.700. The summed E-state index contributed by atoms with van der Waals surface area (Å²) in [7, 11) is 0. The Morgan fingerprint density at radius 2 is 2.25 bits per heavy atom. The molecule has 0 bridgehead atoms. The van der Waals surface area contributed by atoms with E-state index >= 15 is 0 Å². The average molecular weight is 240 g/mol. The van der Waals surface area contributed by atoms with Gasteiger partial charge in [0.05, 0.1) is 5.69 Å². The van der Waals surface area contributed by atoms with Crippen LogP contribution in [0, 0.1) is 0 Å². The Balaban J connectivity index is 2.07. The lowest BCUT2D eigenvalue weighted by Gasteiger charge is -2.29. The Kier molecular flexibility index (Phi) is 3.50. The van der Waals surface area contributed by atoms with Crippen LogP contribution in [0.5, 0.6) is 0 Å². The standard InChI is InChI=1S/C10H16N4OS/c1-2-8-9(16-13-12-8)10(15)14-5-3-7(11)4-6-14/h7H,2-6,11H2,1H3. The van der Waals surface area contributed by atoms with Crippen molar-refractivity contribution in [2.24, 2.45) is 5.73 Å². The summed E-state index contributed by atoms with van der Waals surface area (Å²) < 4.78 is 3.84. The van der Waals surface area contributed by atoms with Gasteiger partial charge in [0.2, 0.25) is 0 Å². The maximum absolute atomic E-state index is 12.2. The third-order valence-corrected chi connectivity index (χ3v) is 3.67. The van der Waals surface area contributed by atoms with Crippen LogP contribution >= 0.6 is 11.5 Å². The van der Waals surface area contributed by atoms with Crippen molar-refractivity contribution in [2.75, 3.05) is 13.1 Å². The van der Waals surface area contributed by atoms with E-state index in [1.807, 2.05) is 11.8 Å². The van der Waals surface area contributed by atoms with Crippen LogP contribution in [0.4, 0.5) is 0 Å². The topological polar surface area (TPSA) is 72.1 Å². The molecule has 1 amide bonds. The maximum atomic E-state index is 12.2. The molecule has 1 aromatic rings. The van der Waals surface area contributed by atoms with Gasteiger partial charge in [0, 0.05) is 19.1 Å². The molecule has 0 atom stereocenters. The van der Waals surface area contributed by atoms with Gasteiger partial charge in [-0.2, -0.15) is 0 Å². The molecule has 0 unspecified atom stereocenters. The summed E-state index contributed by atoms with van der Waals surface area (Å²) in [6.45, 7) is 3.49. The van der Waals surface area contributed by atoms with Crippen molar-refractivity contribution in [1.29, 1.82) is 0 Å².